The van der Waals surface area contributed by atoms with Gasteiger partial charge in [0.1, 0.15) is 11.8 Å². The van der Waals surface area contributed by atoms with Crippen LogP contribution in [-0.4, -0.2) is 50.3 Å². The van der Waals surface area contributed by atoms with Crippen molar-refractivity contribution in [2.75, 3.05) is 20.7 Å². The van der Waals surface area contributed by atoms with E-state index in [9.17, 15) is 13.2 Å². The lowest BCUT2D eigenvalue weighted by Gasteiger charge is -2.36. The van der Waals surface area contributed by atoms with Crippen molar-refractivity contribution in [1.82, 2.24) is 9.21 Å². The van der Waals surface area contributed by atoms with E-state index in [-0.39, 0.29) is 17.3 Å². The molecule has 1 amide bonds. The van der Waals surface area contributed by atoms with E-state index in [0.29, 0.717) is 18.8 Å². The van der Waals surface area contributed by atoms with Crippen molar-refractivity contribution in [3.05, 3.63) is 59.7 Å². The maximum Gasteiger partial charge on any atom is 0.244 e. The normalized spacial score (nSPS) is 17.2. The molecule has 1 aliphatic rings. The molecule has 0 saturated heterocycles. The molecule has 0 N–H and O–H groups in total. The van der Waals surface area contributed by atoms with Crippen LogP contribution in [0.2, 0.25) is 0 Å². The van der Waals surface area contributed by atoms with Crippen LogP contribution in [0.5, 0.6) is 5.75 Å². The van der Waals surface area contributed by atoms with Crippen LogP contribution in [0.3, 0.4) is 0 Å². The molecule has 0 bridgehead atoms. The number of benzene rings is 2. The number of hydrogen-bond acceptors (Lipinski definition) is 4. The smallest absolute Gasteiger partial charge is 0.244 e. The minimum Gasteiger partial charge on any atom is -0.494 e. The predicted molar refractivity (Wildman–Crippen MR) is 103 cm³/mol. The highest BCUT2D eigenvalue weighted by Crippen LogP contribution is 2.30. The van der Waals surface area contributed by atoms with E-state index in [1.807, 2.05) is 31.2 Å². The van der Waals surface area contributed by atoms with Gasteiger partial charge in [0.25, 0.3) is 0 Å². The fraction of sp³-hybridized carbons (Fsp3) is 0.350. The Morgan fingerprint density at radius 2 is 1.74 bits per heavy atom. The van der Waals surface area contributed by atoms with Crippen LogP contribution in [0.15, 0.2) is 53.4 Å². The summed E-state index contributed by atoms with van der Waals surface area (Å²) in [6.07, 6.45) is 0.365. The van der Waals surface area contributed by atoms with Gasteiger partial charge in [-0.25, -0.2) is 8.42 Å². The number of fused-ring (bicyclic) bond motifs is 1. The van der Waals surface area contributed by atoms with Crippen LogP contribution in [0.4, 0.5) is 0 Å². The van der Waals surface area contributed by atoms with Gasteiger partial charge in [0.05, 0.1) is 11.5 Å². The summed E-state index contributed by atoms with van der Waals surface area (Å²) in [5.41, 5.74) is 1.94. The Hall–Kier alpha value is -2.38. The predicted octanol–water partition coefficient (Wildman–Crippen LogP) is 2.29. The van der Waals surface area contributed by atoms with E-state index >= 15 is 0 Å². The van der Waals surface area contributed by atoms with Crippen molar-refractivity contribution in [1.29, 1.82) is 0 Å². The SMILES string of the molecule is CCOc1ccc(S(=O)(=O)N2Cc3ccccc3CC2C(=O)N(C)C)cc1. The lowest BCUT2D eigenvalue weighted by molar-refractivity contribution is -0.133. The van der Waals surface area contributed by atoms with Crippen molar-refractivity contribution >= 4 is 15.9 Å². The molecule has 1 unspecified atom stereocenters. The highest BCUT2D eigenvalue weighted by molar-refractivity contribution is 7.89. The van der Waals surface area contributed by atoms with Crippen molar-refractivity contribution in [2.24, 2.45) is 0 Å². The van der Waals surface area contributed by atoms with Gasteiger partial charge in [0.15, 0.2) is 0 Å². The van der Waals surface area contributed by atoms with Gasteiger partial charge in [0, 0.05) is 20.6 Å². The Bertz CT molecular complexity index is 923. The number of rotatable bonds is 5. The van der Waals surface area contributed by atoms with Crippen molar-refractivity contribution in [3.63, 3.8) is 0 Å². The van der Waals surface area contributed by atoms with Gasteiger partial charge in [-0.3, -0.25) is 4.79 Å². The summed E-state index contributed by atoms with van der Waals surface area (Å²) in [5, 5.41) is 0. The number of likely N-dealkylation sites (N-methyl/N-ethyl adjacent to an activating group) is 1. The Morgan fingerprint density at radius 3 is 2.33 bits per heavy atom. The number of carbonyl (C=O) groups is 1. The summed E-state index contributed by atoms with van der Waals surface area (Å²) < 4.78 is 33.3. The van der Waals surface area contributed by atoms with Crippen LogP contribution in [-0.2, 0) is 27.8 Å². The van der Waals surface area contributed by atoms with Gasteiger partial charge in [-0.1, -0.05) is 24.3 Å². The molecule has 0 radical (unpaired) electrons. The lowest BCUT2D eigenvalue weighted by atomic mass is 9.95. The fourth-order valence-electron chi connectivity index (χ4n) is 3.27. The number of carbonyl (C=O) groups excluding carboxylic acids is 1. The van der Waals surface area contributed by atoms with Gasteiger partial charge in [-0.2, -0.15) is 4.31 Å². The molecule has 6 nitrogen and oxygen atoms in total. The molecule has 1 aliphatic heterocycles. The monoisotopic (exact) mass is 388 g/mol. The third-order valence-electron chi connectivity index (χ3n) is 4.67. The van der Waals surface area contributed by atoms with Crippen LogP contribution >= 0.6 is 0 Å². The minimum atomic E-state index is -3.83. The quantitative estimate of drug-likeness (QED) is 0.788. The Labute approximate surface area is 160 Å². The summed E-state index contributed by atoms with van der Waals surface area (Å²) in [6, 6.07) is 13.2. The molecule has 0 fully saturated rings. The third-order valence-corrected chi connectivity index (χ3v) is 6.54. The number of sulfonamides is 1. The average molecular weight is 388 g/mol. The highest BCUT2D eigenvalue weighted by atomic mass is 32.2. The van der Waals surface area contributed by atoms with Crippen LogP contribution in [0, 0.1) is 0 Å². The summed E-state index contributed by atoms with van der Waals surface area (Å²) >= 11 is 0. The van der Waals surface area contributed by atoms with Crippen LogP contribution in [0.25, 0.3) is 0 Å². The largest absolute Gasteiger partial charge is 0.494 e. The van der Waals surface area contributed by atoms with E-state index in [0.717, 1.165) is 11.1 Å². The molecule has 1 atom stereocenters. The molecule has 0 aliphatic carbocycles. The van der Waals surface area contributed by atoms with E-state index in [2.05, 4.69) is 0 Å². The first kappa shape index (κ1) is 19.4. The Balaban J connectivity index is 2.00. The molecular weight excluding hydrogens is 364 g/mol. The highest BCUT2D eigenvalue weighted by Gasteiger charge is 2.40. The number of ether oxygens (including phenoxy) is 1. The lowest BCUT2D eigenvalue weighted by Crippen LogP contribution is -2.52. The number of amides is 1. The Morgan fingerprint density at radius 1 is 1.11 bits per heavy atom. The molecule has 27 heavy (non-hydrogen) atoms. The summed E-state index contributed by atoms with van der Waals surface area (Å²) in [6.45, 7) is 2.55. The molecule has 144 valence electrons. The standard InChI is InChI=1S/C20H24N2O4S/c1-4-26-17-9-11-18(12-10-17)27(24,25)22-14-16-8-6-5-7-15(16)13-19(22)20(23)21(2)3/h5-12,19H,4,13-14H2,1-3H3. The van der Waals surface area contributed by atoms with E-state index in [1.54, 1.807) is 26.2 Å². The maximum absolute atomic E-state index is 13.3. The molecule has 0 aromatic heterocycles. The maximum atomic E-state index is 13.3. The first-order valence-corrected chi connectivity index (χ1v) is 10.3. The summed E-state index contributed by atoms with van der Waals surface area (Å²) in [4.78, 5) is 14.3. The number of hydrogen-bond donors (Lipinski definition) is 0. The third kappa shape index (κ3) is 3.84. The molecule has 0 saturated carbocycles. The van der Waals surface area contributed by atoms with Crippen molar-refractivity contribution in [2.45, 2.75) is 30.8 Å². The summed E-state index contributed by atoms with van der Waals surface area (Å²) in [5.74, 6) is 0.389. The van der Waals surface area contributed by atoms with Crippen molar-refractivity contribution in [3.8, 4) is 5.75 Å². The van der Waals surface area contributed by atoms with Crippen LogP contribution < -0.4 is 4.74 Å². The van der Waals surface area contributed by atoms with Gasteiger partial charge < -0.3 is 9.64 Å². The van der Waals surface area contributed by atoms with E-state index in [1.165, 1.54) is 21.3 Å². The second-order valence-corrected chi connectivity index (χ2v) is 8.57. The molecule has 1 heterocycles. The first-order chi connectivity index (χ1) is 12.8. The first-order valence-electron chi connectivity index (χ1n) is 8.87. The second-order valence-electron chi connectivity index (χ2n) is 6.68. The minimum absolute atomic E-state index is 0.155. The molecular formula is C20H24N2O4S. The average Bonchev–Trinajstić information content (AvgIpc) is 2.67. The van der Waals surface area contributed by atoms with Gasteiger partial charge in [-0.15, -0.1) is 0 Å². The fourth-order valence-corrected chi connectivity index (χ4v) is 4.83. The van der Waals surface area contributed by atoms with E-state index < -0.39 is 16.1 Å². The second kappa shape index (κ2) is 7.70. The topological polar surface area (TPSA) is 66.9 Å². The van der Waals surface area contributed by atoms with E-state index in [4.69, 9.17) is 4.74 Å². The zero-order valence-electron chi connectivity index (χ0n) is 15.8. The molecule has 3 rings (SSSR count). The zero-order chi connectivity index (χ0) is 19.6. The van der Waals surface area contributed by atoms with Gasteiger partial charge in [0.2, 0.25) is 15.9 Å². The molecule has 7 heteroatoms. The van der Waals surface area contributed by atoms with Gasteiger partial charge in [-0.05, 0) is 48.7 Å². The zero-order valence-corrected chi connectivity index (χ0v) is 16.6. The molecule has 2 aromatic carbocycles. The molecule has 2 aromatic rings. The summed E-state index contributed by atoms with van der Waals surface area (Å²) in [7, 11) is -0.547. The Kier molecular flexibility index (Phi) is 5.53. The van der Waals surface area contributed by atoms with Crippen molar-refractivity contribution < 1.29 is 17.9 Å². The molecule has 0 spiro atoms. The van der Waals surface area contributed by atoms with Gasteiger partial charge >= 0.3 is 0 Å². The number of nitrogens with zero attached hydrogens (tertiary/aromatic N) is 2. The van der Waals surface area contributed by atoms with Crippen LogP contribution in [0.1, 0.15) is 18.1 Å².